The lowest BCUT2D eigenvalue weighted by Crippen LogP contribution is -2.20. The van der Waals surface area contributed by atoms with E-state index in [0.717, 1.165) is 16.8 Å². The molecule has 3 rings (SSSR count). The molecule has 0 unspecified atom stereocenters. The third kappa shape index (κ3) is 4.27. The van der Waals surface area contributed by atoms with Crippen molar-refractivity contribution in [3.8, 4) is 17.2 Å². The van der Waals surface area contributed by atoms with Crippen LogP contribution in [0.2, 0.25) is 0 Å². The molecule has 0 bridgehead atoms. The Bertz CT molecular complexity index is 885. The van der Waals surface area contributed by atoms with Crippen LogP contribution < -0.4 is 10.1 Å². The largest absolute Gasteiger partial charge is 0.484 e. The number of nitrogens with one attached hydrogen (secondary N) is 1. The van der Waals surface area contributed by atoms with Gasteiger partial charge in [0.05, 0.1) is 0 Å². The Morgan fingerprint density at radius 3 is 2.54 bits per heavy atom. The van der Waals surface area contributed by atoms with E-state index in [9.17, 15) is 4.79 Å². The molecule has 26 heavy (non-hydrogen) atoms. The van der Waals surface area contributed by atoms with E-state index in [-0.39, 0.29) is 18.4 Å². The summed E-state index contributed by atoms with van der Waals surface area (Å²) in [4.78, 5) is 16.4. The van der Waals surface area contributed by atoms with Gasteiger partial charge in [-0.1, -0.05) is 37.2 Å². The van der Waals surface area contributed by atoms with Gasteiger partial charge in [-0.15, -0.1) is 0 Å². The number of amides is 1. The zero-order valence-electron chi connectivity index (χ0n) is 15.0. The maximum atomic E-state index is 12.0. The molecule has 134 valence electrons. The number of benzene rings is 2. The fraction of sp³-hybridized carbons (Fsp3) is 0.250. The Balaban J connectivity index is 1.57. The second-order valence-corrected chi connectivity index (χ2v) is 6.29. The van der Waals surface area contributed by atoms with Crippen LogP contribution in [0, 0.1) is 6.92 Å². The van der Waals surface area contributed by atoms with Gasteiger partial charge < -0.3 is 14.6 Å². The molecule has 0 radical (unpaired) electrons. The maximum absolute atomic E-state index is 12.0. The van der Waals surface area contributed by atoms with Crippen molar-refractivity contribution in [2.75, 3.05) is 11.9 Å². The summed E-state index contributed by atoms with van der Waals surface area (Å²) >= 11 is 0. The molecule has 0 spiro atoms. The fourth-order valence-electron chi connectivity index (χ4n) is 2.33. The highest BCUT2D eigenvalue weighted by molar-refractivity contribution is 5.92. The van der Waals surface area contributed by atoms with Crippen molar-refractivity contribution in [3.63, 3.8) is 0 Å². The SMILES string of the molecule is Cc1ccccc1NC(=O)COc1ccc(-c2nc(C(C)C)no2)cc1. The summed E-state index contributed by atoms with van der Waals surface area (Å²) < 4.78 is 10.8. The zero-order chi connectivity index (χ0) is 18.5. The molecular formula is C20H21N3O3. The average Bonchev–Trinajstić information content (AvgIpc) is 3.13. The minimum Gasteiger partial charge on any atom is -0.484 e. The van der Waals surface area contributed by atoms with Gasteiger partial charge >= 0.3 is 0 Å². The van der Waals surface area contributed by atoms with Crippen molar-refractivity contribution in [1.29, 1.82) is 0 Å². The van der Waals surface area contributed by atoms with Crippen molar-refractivity contribution < 1.29 is 14.1 Å². The van der Waals surface area contributed by atoms with E-state index in [2.05, 4.69) is 15.5 Å². The Hall–Kier alpha value is -3.15. The maximum Gasteiger partial charge on any atom is 0.262 e. The van der Waals surface area contributed by atoms with Crippen molar-refractivity contribution in [1.82, 2.24) is 10.1 Å². The van der Waals surface area contributed by atoms with Crippen molar-refractivity contribution in [2.45, 2.75) is 26.7 Å². The summed E-state index contributed by atoms with van der Waals surface area (Å²) in [6, 6.07) is 14.8. The number of aryl methyl sites for hydroxylation is 1. The van der Waals surface area contributed by atoms with Gasteiger partial charge in [-0.25, -0.2) is 0 Å². The molecule has 1 N–H and O–H groups in total. The summed E-state index contributed by atoms with van der Waals surface area (Å²) in [5, 5.41) is 6.78. The molecule has 0 fully saturated rings. The van der Waals surface area contributed by atoms with Crippen molar-refractivity contribution in [3.05, 3.63) is 59.9 Å². The van der Waals surface area contributed by atoms with Crippen LogP contribution >= 0.6 is 0 Å². The van der Waals surface area contributed by atoms with Gasteiger partial charge in [-0.05, 0) is 42.8 Å². The van der Waals surface area contributed by atoms with Crippen LogP contribution in [0.4, 0.5) is 5.69 Å². The number of hydrogen-bond acceptors (Lipinski definition) is 5. The Kier molecular flexibility index (Phi) is 5.31. The predicted molar refractivity (Wildman–Crippen MR) is 99.1 cm³/mol. The van der Waals surface area contributed by atoms with Gasteiger partial charge in [0.15, 0.2) is 12.4 Å². The van der Waals surface area contributed by atoms with Gasteiger partial charge in [0.25, 0.3) is 11.8 Å². The number of hydrogen-bond donors (Lipinski definition) is 1. The number of carbonyl (C=O) groups excluding carboxylic acids is 1. The molecule has 1 amide bonds. The number of rotatable bonds is 6. The van der Waals surface area contributed by atoms with Crippen LogP contribution in [0.5, 0.6) is 5.75 Å². The van der Waals surface area contributed by atoms with Crippen molar-refractivity contribution in [2.24, 2.45) is 0 Å². The molecule has 1 aromatic heterocycles. The summed E-state index contributed by atoms with van der Waals surface area (Å²) in [6.07, 6.45) is 0. The summed E-state index contributed by atoms with van der Waals surface area (Å²) in [6.45, 7) is 5.89. The monoisotopic (exact) mass is 351 g/mol. The van der Waals surface area contributed by atoms with Crippen LogP contribution in [0.15, 0.2) is 53.1 Å². The molecule has 3 aromatic rings. The van der Waals surface area contributed by atoms with E-state index >= 15 is 0 Å². The van der Waals surface area contributed by atoms with Crippen molar-refractivity contribution >= 4 is 11.6 Å². The van der Waals surface area contributed by atoms with Crippen LogP contribution in [0.1, 0.15) is 31.2 Å². The molecule has 0 aliphatic heterocycles. The highest BCUT2D eigenvalue weighted by Crippen LogP contribution is 2.22. The lowest BCUT2D eigenvalue weighted by Gasteiger charge is -2.09. The topological polar surface area (TPSA) is 77.2 Å². The zero-order valence-corrected chi connectivity index (χ0v) is 15.0. The molecule has 0 aliphatic carbocycles. The number of aromatic nitrogens is 2. The Morgan fingerprint density at radius 1 is 1.15 bits per heavy atom. The highest BCUT2D eigenvalue weighted by atomic mass is 16.5. The molecule has 0 saturated carbocycles. The average molecular weight is 351 g/mol. The van der Waals surface area contributed by atoms with E-state index in [1.165, 1.54) is 0 Å². The first-order valence-corrected chi connectivity index (χ1v) is 8.45. The molecule has 6 heteroatoms. The summed E-state index contributed by atoms with van der Waals surface area (Å²) in [7, 11) is 0. The van der Waals surface area contributed by atoms with Gasteiger partial charge in [-0.3, -0.25) is 4.79 Å². The number of para-hydroxylation sites is 1. The number of anilines is 1. The standard InChI is InChI=1S/C20H21N3O3/c1-13(2)19-22-20(26-23-19)15-8-10-16(11-9-15)25-12-18(24)21-17-7-5-4-6-14(17)3/h4-11,13H,12H2,1-3H3,(H,21,24). The Morgan fingerprint density at radius 2 is 1.88 bits per heavy atom. The van der Waals surface area contributed by atoms with Crippen LogP contribution in [-0.2, 0) is 4.79 Å². The lowest BCUT2D eigenvalue weighted by molar-refractivity contribution is -0.118. The molecule has 1 heterocycles. The second kappa shape index (κ2) is 7.82. The van der Waals surface area contributed by atoms with Gasteiger partial charge in [-0.2, -0.15) is 4.98 Å². The van der Waals surface area contributed by atoms with Crippen LogP contribution in [0.25, 0.3) is 11.5 Å². The lowest BCUT2D eigenvalue weighted by atomic mass is 10.2. The Labute approximate surface area is 152 Å². The highest BCUT2D eigenvalue weighted by Gasteiger charge is 2.12. The molecule has 0 aliphatic rings. The number of carbonyl (C=O) groups is 1. The third-order valence-electron chi connectivity index (χ3n) is 3.85. The van der Waals surface area contributed by atoms with E-state index in [0.29, 0.717) is 17.5 Å². The van der Waals surface area contributed by atoms with Gasteiger partial charge in [0.2, 0.25) is 0 Å². The van der Waals surface area contributed by atoms with Crippen LogP contribution in [-0.4, -0.2) is 22.7 Å². The van der Waals surface area contributed by atoms with Gasteiger partial charge in [0, 0.05) is 17.2 Å². The smallest absolute Gasteiger partial charge is 0.262 e. The first-order valence-electron chi connectivity index (χ1n) is 8.45. The van der Waals surface area contributed by atoms with E-state index in [4.69, 9.17) is 9.26 Å². The fourth-order valence-corrected chi connectivity index (χ4v) is 2.33. The predicted octanol–water partition coefficient (Wildman–Crippen LogP) is 4.19. The molecule has 2 aromatic carbocycles. The summed E-state index contributed by atoms with van der Waals surface area (Å²) in [5.41, 5.74) is 2.60. The summed E-state index contributed by atoms with van der Waals surface area (Å²) in [5.74, 6) is 1.74. The molecule has 0 saturated heterocycles. The second-order valence-electron chi connectivity index (χ2n) is 6.29. The first-order chi connectivity index (χ1) is 12.5. The normalized spacial score (nSPS) is 10.8. The first kappa shape index (κ1) is 17.7. The quantitative estimate of drug-likeness (QED) is 0.721. The number of ether oxygens (including phenoxy) is 1. The molecule has 0 atom stereocenters. The minimum absolute atomic E-state index is 0.0638. The van der Waals surface area contributed by atoms with E-state index in [1.54, 1.807) is 12.1 Å². The van der Waals surface area contributed by atoms with Crippen LogP contribution in [0.3, 0.4) is 0 Å². The number of nitrogens with zero attached hydrogens (tertiary/aromatic N) is 2. The van der Waals surface area contributed by atoms with E-state index in [1.807, 2.05) is 57.2 Å². The third-order valence-corrected chi connectivity index (χ3v) is 3.85. The molecular weight excluding hydrogens is 330 g/mol. The van der Waals surface area contributed by atoms with E-state index < -0.39 is 0 Å². The van der Waals surface area contributed by atoms with Gasteiger partial charge in [0.1, 0.15) is 5.75 Å². The molecule has 6 nitrogen and oxygen atoms in total. The minimum atomic E-state index is -0.207.